The molecule has 148 valence electrons. The van der Waals surface area contributed by atoms with Crippen molar-refractivity contribution in [1.82, 2.24) is 10.6 Å². The van der Waals surface area contributed by atoms with Gasteiger partial charge in [0.15, 0.2) is 15.8 Å². The van der Waals surface area contributed by atoms with Gasteiger partial charge in [-0.15, -0.1) is 0 Å². The number of hydrogen-bond acceptors (Lipinski definition) is 5. The van der Waals surface area contributed by atoms with Gasteiger partial charge in [-0.2, -0.15) is 0 Å². The molecule has 2 N–H and O–H groups in total. The van der Waals surface area contributed by atoms with Crippen LogP contribution in [0.1, 0.15) is 16.9 Å². The van der Waals surface area contributed by atoms with Crippen molar-refractivity contribution in [3.63, 3.8) is 0 Å². The van der Waals surface area contributed by atoms with E-state index in [4.69, 9.17) is 9.15 Å². The Kier molecular flexibility index (Phi) is 7.87. The van der Waals surface area contributed by atoms with Gasteiger partial charge >= 0.3 is 0 Å². The molecule has 27 heavy (non-hydrogen) atoms. The fourth-order valence-electron chi connectivity index (χ4n) is 2.60. The van der Waals surface area contributed by atoms with Crippen molar-refractivity contribution < 1.29 is 17.6 Å². The second-order valence-corrected chi connectivity index (χ2v) is 8.20. The fraction of sp³-hybridized carbons (Fsp3) is 0.421. The van der Waals surface area contributed by atoms with Crippen LogP contribution in [0.2, 0.25) is 0 Å². The summed E-state index contributed by atoms with van der Waals surface area (Å²) < 4.78 is 33.8. The minimum atomic E-state index is -3.21. The van der Waals surface area contributed by atoms with Crippen LogP contribution in [0.15, 0.2) is 50.9 Å². The van der Waals surface area contributed by atoms with E-state index in [1.165, 1.54) is 6.26 Å². The monoisotopic (exact) mass is 393 g/mol. The van der Waals surface area contributed by atoms with E-state index in [0.29, 0.717) is 37.1 Å². The van der Waals surface area contributed by atoms with Crippen LogP contribution in [0, 0.1) is 6.92 Å². The van der Waals surface area contributed by atoms with E-state index < -0.39 is 9.84 Å². The number of hydrogen-bond donors (Lipinski definition) is 2. The summed E-state index contributed by atoms with van der Waals surface area (Å²) in [4.78, 5) is 4.93. The highest BCUT2D eigenvalue weighted by molar-refractivity contribution is 7.90. The number of nitrogens with zero attached hydrogens (tertiary/aromatic N) is 1. The molecular formula is C19H27N3O4S. The highest BCUT2D eigenvalue weighted by Gasteiger charge is 2.10. The first-order valence-corrected chi connectivity index (χ1v) is 10.6. The predicted octanol–water partition coefficient (Wildman–Crippen LogP) is 1.92. The summed E-state index contributed by atoms with van der Waals surface area (Å²) in [5, 5.41) is 6.47. The number of aliphatic imine (C=N–C) groups is 1. The van der Waals surface area contributed by atoms with Crippen LogP contribution in [-0.4, -0.2) is 47.4 Å². The van der Waals surface area contributed by atoms with Crippen molar-refractivity contribution in [1.29, 1.82) is 0 Å². The Morgan fingerprint density at radius 1 is 1.22 bits per heavy atom. The molecule has 7 nitrogen and oxygen atoms in total. The number of furan rings is 1. The average molecular weight is 394 g/mol. The molecule has 0 aliphatic carbocycles. The molecule has 0 fully saturated rings. The maximum absolute atomic E-state index is 11.7. The topological polar surface area (TPSA) is 92.9 Å². The van der Waals surface area contributed by atoms with Gasteiger partial charge in [-0.25, -0.2) is 13.4 Å². The van der Waals surface area contributed by atoms with Gasteiger partial charge in [0.2, 0.25) is 0 Å². The van der Waals surface area contributed by atoms with Crippen LogP contribution in [0.3, 0.4) is 0 Å². The summed E-state index contributed by atoms with van der Waals surface area (Å²) in [6.45, 7) is 4.12. The van der Waals surface area contributed by atoms with Crippen molar-refractivity contribution in [2.45, 2.75) is 24.8 Å². The van der Waals surface area contributed by atoms with Crippen LogP contribution in [0.5, 0.6) is 0 Å². The van der Waals surface area contributed by atoms with E-state index in [0.717, 1.165) is 23.3 Å². The van der Waals surface area contributed by atoms with E-state index >= 15 is 0 Å². The van der Waals surface area contributed by atoms with E-state index in [1.807, 2.05) is 18.2 Å². The number of ether oxygens (including phenoxy) is 1. The third-order valence-corrected chi connectivity index (χ3v) is 5.16. The molecule has 2 aromatic rings. The van der Waals surface area contributed by atoms with E-state index in [9.17, 15) is 8.42 Å². The summed E-state index contributed by atoms with van der Waals surface area (Å²) in [6, 6.07) is 9.09. The summed E-state index contributed by atoms with van der Waals surface area (Å²) >= 11 is 0. The van der Waals surface area contributed by atoms with Crippen LogP contribution in [0.25, 0.3) is 0 Å². The fourth-order valence-corrected chi connectivity index (χ4v) is 3.56. The first-order valence-electron chi connectivity index (χ1n) is 8.73. The lowest BCUT2D eigenvalue weighted by molar-refractivity contribution is 0.203. The third-order valence-electron chi connectivity index (χ3n) is 3.90. The van der Waals surface area contributed by atoms with Crippen LogP contribution >= 0.6 is 0 Å². The quantitative estimate of drug-likeness (QED) is 0.384. The van der Waals surface area contributed by atoms with Crippen molar-refractivity contribution in [2.75, 3.05) is 33.1 Å². The molecule has 0 saturated heterocycles. The molecule has 2 rings (SSSR count). The van der Waals surface area contributed by atoms with Crippen molar-refractivity contribution >= 4 is 15.8 Å². The lowest BCUT2D eigenvalue weighted by atomic mass is 10.1. The normalized spacial score (nSPS) is 12.2. The molecule has 1 aromatic heterocycles. The summed E-state index contributed by atoms with van der Waals surface area (Å²) in [6.07, 6.45) is 3.62. The Morgan fingerprint density at radius 3 is 2.63 bits per heavy atom. The van der Waals surface area contributed by atoms with Crippen molar-refractivity contribution in [2.24, 2.45) is 4.99 Å². The molecule has 0 spiro atoms. The zero-order valence-electron chi connectivity index (χ0n) is 16.0. The maximum Gasteiger partial charge on any atom is 0.191 e. The molecule has 0 saturated carbocycles. The standard InChI is InChI=1S/C19H27N3O4S/c1-15-13-16(6-7-18(15)27(3,23)24)14-22-19(21-10-12-25-2)20-9-8-17-5-4-11-26-17/h4-7,11,13H,8-10,12,14H2,1-3H3,(H2,20,21,22). The van der Waals surface area contributed by atoms with Gasteiger partial charge in [-0.05, 0) is 36.2 Å². The van der Waals surface area contributed by atoms with Gasteiger partial charge in [0.1, 0.15) is 5.76 Å². The number of guanidine groups is 1. The molecule has 8 heteroatoms. The summed E-state index contributed by atoms with van der Waals surface area (Å²) in [7, 11) is -1.57. The SMILES string of the molecule is COCCNC(=NCc1ccc(S(C)(=O)=O)c(C)c1)NCCc1ccco1. The first-order chi connectivity index (χ1) is 12.9. The molecule has 1 heterocycles. The Labute approximate surface area is 160 Å². The van der Waals surface area contributed by atoms with E-state index in [1.54, 1.807) is 32.4 Å². The van der Waals surface area contributed by atoms with E-state index in [2.05, 4.69) is 15.6 Å². The molecule has 1 aromatic carbocycles. The van der Waals surface area contributed by atoms with Gasteiger partial charge in [0.05, 0.1) is 24.3 Å². The number of benzene rings is 1. The Hall–Kier alpha value is -2.32. The second kappa shape index (κ2) is 10.1. The van der Waals surface area contributed by atoms with Crippen molar-refractivity contribution in [3.05, 3.63) is 53.5 Å². The molecule has 0 unspecified atom stereocenters. The molecular weight excluding hydrogens is 366 g/mol. The molecule has 0 atom stereocenters. The van der Waals surface area contributed by atoms with Gasteiger partial charge in [-0.1, -0.05) is 12.1 Å². The minimum absolute atomic E-state index is 0.352. The second-order valence-electron chi connectivity index (χ2n) is 6.21. The van der Waals surface area contributed by atoms with Gasteiger partial charge in [0, 0.05) is 32.9 Å². The Bertz CT molecular complexity index is 846. The molecule has 0 amide bonds. The molecule has 0 aliphatic heterocycles. The smallest absolute Gasteiger partial charge is 0.191 e. The summed E-state index contributed by atoms with van der Waals surface area (Å²) in [5.41, 5.74) is 1.67. The van der Waals surface area contributed by atoms with E-state index in [-0.39, 0.29) is 0 Å². The van der Waals surface area contributed by atoms with Crippen molar-refractivity contribution in [3.8, 4) is 0 Å². The van der Waals surface area contributed by atoms with Crippen LogP contribution < -0.4 is 10.6 Å². The zero-order valence-corrected chi connectivity index (χ0v) is 16.8. The average Bonchev–Trinajstić information content (AvgIpc) is 3.11. The van der Waals surface area contributed by atoms with Gasteiger partial charge in [0.25, 0.3) is 0 Å². The van der Waals surface area contributed by atoms with Crippen LogP contribution in [0.4, 0.5) is 0 Å². The molecule has 0 bridgehead atoms. The van der Waals surface area contributed by atoms with Gasteiger partial charge < -0.3 is 19.8 Å². The number of aryl methyl sites for hydroxylation is 1. The summed E-state index contributed by atoms with van der Waals surface area (Å²) in [5.74, 6) is 1.58. The predicted molar refractivity (Wildman–Crippen MR) is 106 cm³/mol. The molecule has 0 aliphatic rings. The molecule has 0 radical (unpaired) electrons. The number of sulfone groups is 1. The lowest BCUT2D eigenvalue weighted by Crippen LogP contribution is -2.40. The Balaban J connectivity index is 2.00. The highest BCUT2D eigenvalue weighted by Crippen LogP contribution is 2.17. The lowest BCUT2D eigenvalue weighted by Gasteiger charge is -2.12. The van der Waals surface area contributed by atoms with Gasteiger partial charge in [-0.3, -0.25) is 0 Å². The third kappa shape index (κ3) is 7.07. The number of nitrogens with one attached hydrogen (secondary N) is 2. The largest absolute Gasteiger partial charge is 0.469 e. The first kappa shape index (κ1) is 21.0. The number of methoxy groups -OCH3 is 1. The Morgan fingerprint density at radius 2 is 2.00 bits per heavy atom. The minimum Gasteiger partial charge on any atom is -0.469 e. The highest BCUT2D eigenvalue weighted by atomic mass is 32.2. The zero-order chi connectivity index (χ0) is 19.7. The maximum atomic E-state index is 11.7. The number of rotatable bonds is 9. The van der Waals surface area contributed by atoms with Crippen LogP contribution in [-0.2, 0) is 27.5 Å².